The molecule has 5 heteroatoms. The molecule has 1 aromatic carbocycles. The van der Waals surface area contributed by atoms with Crippen LogP contribution in [0.1, 0.15) is 32.6 Å². The van der Waals surface area contributed by atoms with E-state index in [1.807, 2.05) is 35.2 Å². The van der Waals surface area contributed by atoms with Crippen molar-refractivity contribution in [1.82, 2.24) is 4.98 Å². The van der Waals surface area contributed by atoms with Gasteiger partial charge in [-0.3, -0.25) is 4.79 Å². The van der Waals surface area contributed by atoms with Gasteiger partial charge in [-0.25, -0.2) is 4.98 Å². The summed E-state index contributed by atoms with van der Waals surface area (Å²) in [4.78, 5) is 22.0. The van der Waals surface area contributed by atoms with Gasteiger partial charge in [0.15, 0.2) is 0 Å². The first-order valence-corrected chi connectivity index (χ1v) is 9.74. The fourth-order valence-corrected chi connectivity index (χ4v) is 4.19. The van der Waals surface area contributed by atoms with Gasteiger partial charge in [0.2, 0.25) is 0 Å². The third-order valence-corrected chi connectivity index (χ3v) is 5.90. The van der Waals surface area contributed by atoms with E-state index >= 15 is 0 Å². The molecule has 0 radical (unpaired) electrons. The number of carbonyl (C=O) groups is 1. The number of benzene rings is 1. The summed E-state index contributed by atoms with van der Waals surface area (Å²) in [6.45, 7) is 3.56. The number of rotatable bonds is 5. The second-order valence-corrected chi connectivity index (χ2v) is 7.56. The van der Waals surface area contributed by atoms with Crippen molar-refractivity contribution in [2.45, 2.75) is 26.3 Å². The fourth-order valence-electron chi connectivity index (χ4n) is 3.29. The Kier molecular flexibility index (Phi) is 4.71. The van der Waals surface area contributed by atoms with Crippen LogP contribution in [0.25, 0.3) is 0 Å². The predicted molar refractivity (Wildman–Crippen MR) is 107 cm³/mol. The Morgan fingerprint density at radius 3 is 2.85 bits per heavy atom. The summed E-state index contributed by atoms with van der Waals surface area (Å²) in [7, 11) is 0. The first kappa shape index (κ1) is 16.8. The average Bonchev–Trinajstić information content (AvgIpc) is 3.33. The van der Waals surface area contributed by atoms with E-state index in [0.717, 1.165) is 25.1 Å². The summed E-state index contributed by atoms with van der Waals surface area (Å²) in [5, 5.41) is 3.35. The van der Waals surface area contributed by atoms with Crippen molar-refractivity contribution in [2.75, 3.05) is 16.8 Å². The number of hydrogen-bond acceptors (Lipinski definition) is 4. The predicted octanol–water partition coefficient (Wildman–Crippen LogP) is 4.52. The normalized spacial score (nSPS) is 12.9. The van der Waals surface area contributed by atoms with Crippen molar-refractivity contribution >= 4 is 28.7 Å². The molecule has 2 aromatic heterocycles. The first-order valence-electron chi connectivity index (χ1n) is 8.92. The Balaban J connectivity index is 1.55. The minimum Gasteiger partial charge on any atom is -0.365 e. The second-order valence-electron chi connectivity index (χ2n) is 6.31. The van der Waals surface area contributed by atoms with E-state index in [1.54, 1.807) is 17.5 Å². The minimum absolute atomic E-state index is 0.00553. The van der Waals surface area contributed by atoms with Crippen LogP contribution < -0.4 is 10.2 Å². The molecule has 0 unspecified atom stereocenters. The van der Waals surface area contributed by atoms with Gasteiger partial charge in [-0.05, 0) is 48.7 Å². The van der Waals surface area contributed by atoms with Crippen molar-refractivity contribution in [2.24, 2.45) is 0 Å². The number of nitrogens with zero attached hydrogens (tertiary/aromatic N) is 2. The summed E-state index contributed by atoms with van der Waals surface area (Å²) in [5.41, 5.74) is 2.86. The van der Waals surface area contributed by atoms with E-state index in [1.165, 1.54) is 15.3 Å². The van der Waals surface area contributed by atoms with E-state index in [9.17, 15) is 4.79 Å². The number of anilines is 2. The molecule has 0 saturated heterocycles. The zero-order chi connectivity index (χ0) is 17.9. The quantitative estimate of drug-likeness (QED) is 0.725. The topological polar surface area (TPSA) is 45.2 Å². The number of hydrogen-bond donors (Lipinski definition) is 1. The monoisotopic (exact) mass is 363 g/mol. The maximum absolute atomic E-state index is 13.1. The smallest absolute Gasteiger partial charge is 0.262 e. The lowest BCUT2D eigenvalue weighted by Gasteiger charge is -2.19. The molecule has 3 heterocycles. The number of fused-ring (bicyclic) bond motifs is 1. The number of nitrogens with one attached hydrogen (secondary N) is 1. The van der Waals surface area contributed by atoms with Gasteiger partial charge in [0.1, 0.15) is 5.82 Å². The van der Waals surface area contributed by atoms with Crippen molar-refractivity contribution < 1.29 is 4.79 Å². The van der Waals surface area contributed by atoms with E-state index in [-0.39, 0.29) is 5.91 Å². The highest BCUT2D eigenvalue weighted by molar-refractivity contribution is 7.12. The number of aromatic nitrogens is 1. The molecule has 1 N–H and O–H groups in total. The number of thiophene rings is 1. The van der Waals surface area contributed by atoms with Crippen molar-refractivity contribution in [3.8, 4) is 0 Å². The van der Waals surface area contributed by atoms with Gasteiger partial charge in [0.05, 0.1) is 12.1 Å². The fraction of sp³-hybridized carbons (Fsp3) is 0.238. The second kappa shape index (κ2) is 7.30. The maximum atomic E-state index is 13.1. The summed E-state index contributed by atoms with van der Waals surface area (Å²) < 4.78 is 0. The molecular formula is C21H21N3OS. The SMILES string of the molecule is CCc1ccc(CNc2ncccc2C(=O)N2CCc3ccccc32)s1. The molecule has 0 saturated carbocycles. The highest BCUT2D eigenvalue weighted by Crippen LogP contribution is 2.30. The number of aryl methyl sites for hydroxylation is 1. The molecule has 0 fully saturated rings. The molecule has 132 valence electrons. The average molecular weight is 363 g/mol. The van der Waals surface area contributed by atoms with Crippen LogP contribution >= 0.6 is 11.3 Å². The van der Waals surface area contributed by atoms with Crippen LogP contribution in [-0.4, -0.2) is 17.4 Å². The molecule has 1 amide bonds. The Hall–Kier alpha value is -2.66. The third kappa shape index (κ3) is 3.22. The van der Waals surface area contributed by atoms with Gasteiger partial charge in [0.25, 0.3) is 5.91 Å². The van der Waals surface area contributed by atoms with Crippen molar-refractivity contribution in [3.63, 3.8) is 0 Å². The molecular weight excluding hydrogens is 342 g/mol. The Labute approximate surface area is 157 Å². The van der Waals surface area contributed by atoms with Gasteiger partial charge in [-0.15, -0.1) is 11.3 Å². The van der Waals surface area contributed by atoms with E-state index in [2.05, 4.69) is 35.4 Å². The first-order chi connectivity index (χ1) is 12.8. The summed E-state index contributed by atoms with van der Waals surface area (Å²) in [6.07, 6.45) is 3.68. The maximum Gasteiger partial charge on any atom is 0.262 e. The van der Waals surface area contributed by atoms with Crippen LogP contribution in [0.15, 0.2) is 54.7 Å². The Bertz CT molecular complexity index is 934. The molecule has 0 spiro atoms. The van der Waals surface area contributed by atoms with Crippen LogP contribution in [0.2, 0.25) is 0 Å². The lowest BCUT2D eigenvalue weighted by Crippen LogP contribution is -2.29. The number of amides is 1. The highest BCUT2D eigenvalue weighted by atomic mass is 32.1. The Morgan fingerprint density at radius 2 is 2.00 bits per heavy atom. The van der Waals surface area contributed by atoms with Crippen LogP contribution in [0.5, 0.6) is 0 Å². The molecule has 0 atom stereocenters. The standard InChI is InChI=1S/C21H21N3OS/c1-2-16-9-10-17(26-16)14-23-20-18(7-5-12-22-20)21(25)24-13-11-15-6-3-4-8-19(15)24/h3-10,12H,2,11,13-14H2,1H3,(H,22,23). The van der Waals surface area contributed by atoms with Gasteiger partial charge in [0, 0.05) is 28.2 Å². The van der Waals surface area contributed by atoms with Gasteiger partial charge in [-0.2, -0.15) is 0 Å². The van der Waals surface area contributed by atoms with Gasteiger partial charge >= 0.3 is 0 Å². The molecule has 3 aromatic rings. The molecule has 0 bridgehead atoms. The number of carbonyl (C=O) groups excluding carboxylic acids is 1. The Morgan fingerprint density at radius 1 is 1.15 bits per heavy atom. The summed E-state index contributed by atoms with van der Waals surface area (Å²) in [5.74, 6) is 0.652. The highest BCUT2D eigenvalue weighted by Gasteiger charge is 2.26. The van der Waals surface area contributed by atoms with Crippen LogP contribution in [-0.2, 0) is 19.4 Å². The molecule has 4 nitrogen and oxygen atoms in total. The van der Waals surface area contributed by atoms with Crippen LogP contribution in [0.4, 0.5) is 11.5 Å². The van der Waals surface area contributed by atoms with Crippen molar-refractivity contribution in [1.29, 1.82) is 0 Å². The zero-order valence-corrected chi connectivity index (χ0v) is 15.6. The minimum atomic E-state index is 0.00553. The molecule has 1 aliphatic heterocycles. The number of para-hydroxylation sites is 1. The third-order valence-electron chi connectivity index (χ3n) is 4.67. The van der Waals surface area contributed by atoms with Crippen LogP contribution in [0.3, 0.4) is 0 Å². The number of pyridine rings is 1. The lowest BCUT2D eigenvalue weighted by atomic mass is 10.1. The largest absolute Gasteiger partial charge is 0.365 e. The molecule has 1 aliphatic rings. The lowest BCUT2D eigenvalue weighted by molar-refractivity contribution is 0.0990. The zero-order valence-electron chi connectivity index (χ0n) is 14.7. The molecule has 4 rings (SSSR count). The van der Waals surface area contributed by atoms with E-state index in [0.29, 0.717) is 17.9 Å². The molecule has 26 heavy (non-hydrogen) atoms. The molecule has 0 aliphatic carbocycles. The van der Waals surface area contributed by atoms with E-state index < -0.39 is 0 Å². The summed E-state index contributed by atoms with van der Waals surface area (Å²) in [6, 6.07) is 16.1. The summed E-state index contributed by atoms with van der Waals surface area (Å²) >= 11 is 1.80. The van der Waals surface area contributed by atoms with Gasteiger partial charge < -0.3 is 10.2 Å². The van der Waals surface area contributed by atoms with Crippen LogP contribution in [0, 0.1) is 0 Å². The van der Waals surface area contributed by atoms with Crippen molar-refractivity contribution in [3.05, 3.63) is 75.6 Å². The van der Waals surface area contributed by atoms with E-state index in [4.69, 9.17) is 0 Å². The van der Waals surface area contributed by atoms with Gasteiger partial charge in [-0.1, -0.05) is 25.1 Å².